The SMILES string of the molecule is CC(C)Cc1ccc(C(=O)OCC(=O)Nc2cccc(S(C)(=O)=O)c2)cc1. The molecule has 0 atom stereocenters. The van der Waals surface area contributed by atoms with Gasteiger partial charge in [0.15, 0.2) is 16.4 Å². The van der Waals surface area contributed by atoms with Crippen LogP contribution in [0.2, 0.25) is 0 Å². The zero-order valence-electron chi connectivity index (χ0n) is 15.6. The summed E-state index contributed by atoms with van der Waals surface area (Å²) < 4.78 is 28.1. The molecule has 0 spiro atoms. The van der Waals surface area contributed by atoms with Crippen molar-refractivity contribution in [3.8, 4) is 0 Å². The molecule has 7 heteroatoms. The maximum atomic E-state index is 12.0. The van der Waals surface area contributed by atoms with Gasteiger partial charge in [0.25, 0.3) is 5.91 Å². The van der Waals surface area contributed by atoms with Crippen LogP contribution in [0.15, 0.2) is 53.4 Å². The lowest BCUT2D eigenvalue weighted by Gasteiger charge is -2.09. The van der Waals surface area contributed by atoms with Gasteiger partial charge in [-0.05, 0) is 48.2 Å². The van der Waals surface area contributed by atoms with Gasteiger partial charge in [0, 0.05) is 11.9 Å². The van der Waals surface area contributed by atoms with Crippen LogP contribution in [-0.2, 0) is 25.8 Å². The summed E-state index contributed by atoms with van der Waals surface area (Å²) in [5.41, 5.74) is 1.82. The molecule has 0 bridgehead atoms. The number of esters is 1. The fourth-order valence-electron chi connectivity index (χ4n) is 2.46. The number of nitrogens with one attached hydrogen (secondary N) is 1. The molecule has 2 rings (SSSR count). The molecule has 0 radical (unpaired) electrons. The van der Waals surface area contributed by atoms with Crippen molar-refractivity contribution in [1.29, 1.82) is 0 Å². The van der Waals surface area contributed by atoms with Crippen molar-refractivity contribution in [3.05, 3.63) is 59.7 Å². The minimum atomic E-state index is -3.37. The normalized spacial score (nSPS) is 11.3. The topological polar surface area (TPSA) is 89.5 Å². The Kier molecular flexibility index (Phi) is 6.74. The number of amides is 1. The average molecular weight is 389 g/mol. The first kappa shape index (κ1) is 20.6. The Bertz CT molecular complexity index is 918. The molecule has 0 unspecified atom stereocenters. The number of rotatable bonds is 7. The minimum absolute atomic E-state index is 0.0961. The summed E-state index contributed by atoms with van der Waals surface area (Å²) in [6.07, 6.45) is 2.01. The molecular formula is C20H23NO5S. The van der Waals surface area contributed by atoms with Crippen molar-refractivity contribution in [2.75, 3.05) is 18.2 Å². The van der Waals surface area contributed by atoms with Crippen LogP contribution in [0.3, 0.4) is 0 Å². The highest BCUT2D eigenvalue weighted by Crippen LogP contribution is 2.15. The van der Waals surface area contributed by atoms with Crippen molar-refractivity contribution < 1.29 is 22.7 Å². The van der Waals surface area contributed by atoms with Crippen molar-refractivity contribution in [1.82, 2.24) is 0 Å². The van der Waals surface area contributed by atoms with Crippen LogP contribution in [-0.4, -0.2) is 33.2 Å². The molecule has 0 saturated heterocycles. The number of ether oxygens (including phenoxy) is 1. The molecular weight excluding hydrogens is 366 g/mol. The highest BCUT2D eigenvalue weighted by molar-refractivity contribution is 7.90. The summed E-state index contributed by atoms with van der Waals surface area (Å²) in [5, 5.41) is 2.51. The minimum Gasteiger partial charge on any atom is -0.452 e. The summed E-state index contributed by atoms with van der Waals surface area (Å²) >= 11 is 0. The summed E-state index contributed by atoms with van der Waals surface area (Å²) in [7, 11) is -3.37. The second-order valence-electron chi connectivity index (χ2n) is 6.72. The summed E-state index contributed by atoms with van der Waals surface area (Å²) in [4.78, 5) is 24.1. The van der Waals surface area contributed by atoms with Gasteiger partial charge in [-0.1, -0.05) is 32.0 Å². The van der Waals surface area contributed by atoms with E-state index < -0.39 is 28.3 Å². The number of sulfone groups is 1. The lowest BCUT2D eigenvalue weighted by atomic mass is 10.0. The van der Waals surface area contributed by atoms with Gasteiger partial charge >= 0.3 is 5.97 Å². The van der Waals surface area contributed by atoms with E-state index in [9.17, 15) is 18.0 Å². The van der Waals surface area contributed by atoms with E-state index in [1.54, 1.807) is 18.2 Å². The Labute approximate surface area is 159 Å². The number of anilines is 1. The molecule has 144 valence electrons. The van der Waals surface area contributed by atoms with Gasteiger partial charge in [0.2, 0.25) is 0 Å². The van der Waals surface area contributed by atoms with E-state index in [1.807, 2.05) is 12.1 Å². The van der Waals surface area contributed by atoms with Gasteiger partial charge in [0.05, 0.1) is 10.5 Å². The standard InChI is InChI=1S/C20H23NO5S/c1-14(2)11-15-7-9-16(10-8-15)20(23)26-13-19(22)21-17-5-4-6-18(12-17)27(3,24)25/h4-10,12,14H,11,13H2,1-3H3,(H,21,22). The third-order valence-electron chi connectivity index (χ3n) is 3.71. The molecule has 0 saturated carbocycles. The number of carbonyl (C=O) groups is 2. The van der Waals surface area contributed by atoms with Gasteiger partial charge in [-0.3, -0.25) is 4.79 Å². The molecule has 2 aromatic carbocycles. The fraction of sp³-hybridized carbons (Fsp3) is 0.300. The Balaban J connectivity index is 1.91. The number of hydrogen-bond acceptors (Lipinski definition) is 5. The first-order valence-electron chi connectivity index (χ1n) is 8.51. The van der Waals surface area contributed by atoms with E-state index in [-0.39, 0.29) is 4.90 Å². The maximum absolute atomic E-state index is 12.0. The Hall–Kier alpha value is -2.67. The lowest BCUT2D eigenvalue weighted by Crippen LogP contribution is -2.21. The van der Waals surface area contributed by atoms with E-state index in [4.69, 9.17) is 4.74 Å². The molecule has 0 heterocycles. The van der Waals surface area contributed by atoms with Crippen molar-refractivity contribution in [3.63, 3.8) is 0 Å². The Morgan fingerprint density at radius 1 is 1.07 bits per heavy atom. The highest BCUT2D eigenvalue weighted by Gasteiger charge is 2.12. The van der Waals surface area contributed by atoms with Crippen LogP contribution in [0.4, 0.5) is 5.69 Å². The van der Waals surface area contributed by atoms with Crippen LogP contribution in [0, 0.1) is 5.92 Å². The van der Waals surface area contributed by atoms with Gasteiger partial charge in [-0.25, -0.2) is 13.2 Å². The number of benzene rings is 2. The zero-order valence-corrected chi connectivity index (χ0v) is 16.4. The first-order chi connectivity index (χ1) is 12.6. The van der Waals surface area contributed by atoms with Crippen molar-refractivity contribution in [2.24, 2.45) is 5.92 Å². The molecule has 1 N–H and O–H groups in total. The van der Waals surface area contributed by atoms with E-state index in [2.05, 4.69) is 19.2 Å². The van der Waals surface area contributed by atoms with Crippen LogP contribution >= 0.6 is 0 Å². The molecule has 6 nitrogen and oxygen atoms in total. The molecule has 0 aliphatic rings. The fourth-order valence-corrected chi connectivity index (χ4v) is 3.13. The molecule has 1 amide bonds. The van der Waals surface area contributed by atoms with Crippen LogP contribution < -0.4 is 5.32 Å². The van der Waals surface area contributed by atoms with E-state index in [1.165, 1.54) is 18.2 Å². The monoisotopic (exact) mass is 389 g/mol. The summed E-state index contributed by atoms with van der Waals surface area (Å²) in [6, 6.07) is 13.0. The van der Waals surface area contributed by atoms with E-state index in [0.717, 1.165) is 18.2 Å². The van der Waals surface area contributed by atoms with E-state index in [0.29, 0.717) is 17.2 Å². The Morgan fingerprint density at radius 3 is 2.33 bits per heavy atom. The quantitative estimate of drug-likeness (QED) is 0.735. The second-order valence-corrected chi connectivity index (χ2v) is 8.73. The molecule has 2 aromatic rings. The first-order valence-corrected chi connectivity index (χ1v) is 10.4. The van der Waals surface area contributed by atoms with Gasteiger partial charge < -0.3 is 10.1 Å². The largest absolute Gasteiger partial charge is 0.452 e. The third-order valence-corrected chi connectivity index (χ3v) is 4.82. The van der Waals surface area contributed by atoms with Gasteiger partial charge in [-0.15, -0.1) is 0 Å². The van der Waals surface area contributed by atoms with E-state index >= 15 is 0 Å². The third kappa shape index (κ3) is 6.53. The number of hydrogen-bond donors (Lipinski definition) is 1. The second kappa shape index (κ2) is 8.81. The lowest BCUT2D eigenvalue weighted by molar-refractivity contribution is -0.119. The summed E-state index contributed by atoms with van der Waals surface area (Å²) in [6.45, 7) is 3.77. The maximum Gasteiger partial charge on any atom is 0.338 e. The van der Waals surface area contributed by atoms with Crippen molar-refractivity contribution >= 4 is 27.4 Å². The predicted molar refractivity (Wildman–Crippen MR) is 103 cm³/mol. The predicted octanol–water partition coefficient (Wildman–Crippen LogP) is 3.08. The van der Waals surface area contributed by atoms with Crippen LogP contribution in [0.25, 0.3) is 0 Å². The Morgan fingerprint density at radius 2 is 1.74 bits per heavy atom. The number of carbonyl (C=O) groups excluding carboxylic acids is 2. The smallest absolute Gasteiger partial charge is 0.338 e. The molecule has 0 aliphatic carbocycles. The average Bonchev–Trinajstić information content (AvgIpc) is 2.59. The zero-order chi connectivity index (χ0) is 20.0. The highest BCUT2D eigenvalue weighted by atomic mass is 32.2. The van der Waals surface area contributed by atoms with Crippen LogP contribution in [0.5, 0.6) is 0 Å². The van der Waals surface area contributed by atoms with Gasteiger partial charge in [-0.2, -0.15) is 0 Å². The van der Waals surface area contributed by atoms with Crippen LogP contribution in [0.1, 0.15) is 29.8 Å². The molecule has 27 heavy (non-hydrogen) atoms. The summed E-state index contributed by atoms with van der Waals surface area (Å²) in [5.74, 6) is -0.621. The molecule has 0 aromatic heterocycles. The molecule has 0 fully saturated rings. The van der Waals surface area contributed by atoms with Crippen molar-refractivity contribution in [2.45, 2.75) is 25.2 Å². The van der Waals surface area contributed by atoms with Gasteiger partial charge in [0.1, 0.15) is 0 Å². The molecule has 0 aliphatic heterocycles.